The van der Waals surface area contributed by atoms with Gasteiger partial charge in [-0.25, -0.2) is 0 Å². The number of anilines is 1. The summed E-state index contributed by atoms with van der Waals surface area (Å²) < 4.78 is 0. The molecular weight excluding hydrogens is 254 g/mol. The van der Waals surface area contributed by atoms with Crippen LogP contribution in [-0.4, -0.2) is 23.9 Å². The third kappa shape index (κ3) is 3.17. The van der Waals surface area contributed by atoms with Gasteiger partial charge < -0.3 is 16.4 Å². The molecule has 1 fully saturated rings. The number of carbonyl (C=O) groups excluding carboxylic acids is 2. The summed E-state index contributed by atoms with van der Waals surface area (Å²) in [4.78, 5) is 23.9. The van der Waals surface area contributed by atoms with Gasteiger partial charge in [-0.05, 0) is 50.8 Å². The molecule has 1 atom stereocenters. The molecule has 0 saturated heterocycles. The third-order valence-electron chi connectivity index (χ3n) is 3.63. The maximum Gasteiger partial charge on any atom is 0.251 e. The van der Waals surface area contributed by atoms with Crippen molar-refractivity contribution in [3.63, 3.8) is 0 Å². The van der Waals surface area contributed by atoms with Crippen LogP contribution >= 0.6 is 0 Å². The van der Waals surface area contributed by atoms with Gasteiger partial charge in [-0.1, -0.05) is 6.07 Å². The fourth-order valence-corrected chi connectivity index (χ4v) is 2.13. The predicted molar refractivity (Wildman–Crippen MR) is 78.4 cm³/mol. The molecule has 4 N–H and O–H groups in total. The minimum atomic E-state index is -0.846. The van der Waals surface area contributed by atoms with E-state index in [2.05, 4.69) is 10.6 Å². The fourth-order valence-electron chi connectivity index (χ4n) is 2.13. The van der Waals surface area contributed by atoms with E-state index in [9.17, 15) is 9.59 Å². The minimum absolute atomic E-state index is 0.152. The first-order valence-electron chi connectivity index (χ1n) is 6.93. The molecule has 1 aromatic rings. The quantitative estimate of drug-likeness (QED) is 0.761. The molecule has 0 bridgehead atoms. The molecule has 1 aliphatic rings. The lowest BCUT2D eigenvalue weighted by atomic mass is 9.96. The smallest absolute Gasteiger partial charge is 0.251 e. The first-order chi connectivity index (χ1) is 9.45. The molecule has 1 saturated carbocycles. The number of hydrogen-bond acceptors (Lipinski definition) is 3. The fraction of sp³-hybridized carbons (Fsp3) is 0.467. The molecule has 0 aliphatic heterocycles. The molecule has 2 amide bonds. The van der Waals surface area contributed by atoms with Crippen LogP contribution in [0.3, 0.4) is 0 Å². The number of nitrogens with two attached hydrogens (primary N) is 1. The van der Waals surface area contributed by atoms with Crippen LogP contribution in [0, 0.1) is 5.92 Å². The van der Waals surface area contributed by atoms with Crippen molar-refractivity contribution in [2.24, 2.45) is 11.7 Å². The summed E-state index contributed by atoms with van der Waals surface area (Å²) in [7, 11) is 0. The highest BCUT2D eigenvalue weighted by atomic mass is 16.2. The average molecular weight is 275 g/mol. The first kappa shape index (κ1) is 14.5. The first-order valence-corrected chi connectivity index (χ1v) is 6.93. The summed E-state index contributed by atoms with van der Waals surface area (Å²) in [5.41, 5.74) is 6.34. The zero-order valence-corrected chi connectivity index (χ0v) is 11.9. The molecule has 0 heterocycles. The van der Waals surface area contributed by atoms with Crippen molar-refractivity contribution in [2.45, 2.75) is 32.2 Å². The highest BCUT2D eigenvalue weighted by Crippen LogP contribution is 2.38. The van der Waals surface area contributed by atoms with E-state index < -0.39 is 5.54 Å². The van der Waals surface area contributed by atoms with Crippen molar-refractivity contribution >= 4 is 17.5 Å². The highest BCUT2D eigenvalue weighted by Gasteiger charge is 2.44. The van der Waals surface area contributed by atoms with Crippen LogP contribution in [0.2, 0.25) is 0 Å². The largest absolute Gasteiger partial charge is 0.352 e. The van der Waals surface area contributed by atoms with Crippen LogP contribution in [0.1, 0.15) is 37.0 Å². The molecule has 1 aliphatic carbocycles. The second kappa shape index (κ2) is 5.63. The molecule has 1 unspecified atom stereocenters. The number of hydrogen-bond donors (Lipinski definition) is 3. The van der Waals surface area contributed by atoms with Gasteiger partial charge in [0, 0.05) is 17.8 Å². The Kier molecular flexibility index (Phi) is 4.09. The molecule has 20 heavy (non-hydrogen) atoms. The Morgan fingerprint density at radius 2 is 2.10 bits per heavy atom. The Labute approximate surface area is 118 Å². The van der Waals surface area contributed by atoms with Crippen molar-refractivity contribution in [3.05, 3.63) is 29.8 Å². The molecule has 108 valence electrons. The van der Waals surface area contributed by atoms with E-state index in [1.807, 2.05) is 6.92 Å². The van der Waals surface area contributed by atoms with Crippen molar-refractivity contribution in [1.82, 2.24) is 5.32 Å². The maximum absolute atomic E-state index is 12.2. The van der Waals surface area contributed by atoms with Crippen LogP contribution in [0.4, 0.5) is 5.69 Å². The van der Waals surface area contributed by atoms with Gasteiger partial charge in [0.05, 0.1) is 5.54 Å². The average Bonchev–Trinajstić information content (AvgIpc) is 3.24. The molecule has 0 spiro atoms. The van der Waals surface area contributed by atoms with Gasteiger partial charge >= 0.3 is 0 Å². The van der Waals surface area contributed by atoms with Crippen LogP contribution < -0.4 is 16.4 Å². The van der Waals surface area contributed by atoms with Gasteiger partial charge in [0.2, 0.25) is 5.91 Å². The number of carbonyl (C=O) groups is 2. The summed E-state index contributed by atoms with van der Waals surface area (Å²) in [5.74, 6) is -0.0941. The molecule has 1 aromatic carbocycles. The molecule has 5 heteroatoms. The van der Waals surface area contributed by atoms with E-state index in [1.54, 1.807) is 31.2 Å². The van der Waals surface area contributed by atoms with E-state index in [-0.39, 0.29) is 17.7 Å². The number of benzene rings is 1. The van der Waals surface area contributed by atoms with E-state index in [0.717, 1.165) is 12.8 Å². The van der Waals surface area contributed by atoms with Gasteiger partial charge in [0.25, 0.3) is 5.91 Å². The van der Waals surface area contributed by atoms with Crippen molar-refractivity contribution in [3.8, 4) is 0 Å². The zero-order valence-electron chi connectivity index (χ0n) is 11.9. The van der Waals surface area contributed by atoms with Gasteiger partial charge in [-0.3, -0.25) is 9.59 Å². The van der Waals surface area contributed by atoms with Crippen molar-refractivity contribution < 1.29 is 9.59 Å². The summed E-state index contributed by atoms with van der Waals surface area (Å²) >= 11 is 0. The highest BCUT2D eigenvalue weighted by molar-refractivity contribution is 6.00. The van der Waals surface area contributed by atoms with Gasteiger partial charge in [-0.2, -0.15) is 0 Å². The summed E-state index contributed by atoms with van der Waals surface area (Å²) in [6.45, 7) is 4.19. The lowest BCUT2D eigenvalue weighted by Gasteiger charge is -2.23. The van der Waals surface area contributed by atoms with E-state index in [4.69, 9.17) is 5.73 Å². The molecular formula is C15H21N3O2. The Morgan fingerprint density at radius 1 is 1.40 bits per heavy atom. The van der Waals surface area contributed by atoms with Gasteiger partial charge in [0.1, 0.15) is 0 Å². The van der Waals surface area contributed by atoms with E-state index >= 15 is 0 Å². The monoisotopic (exact) mass is 275 g/mol. The molecule has 0 aromatic heterocycles. The lowest BCUT2D eigenvalue weighted by molar-refractivity contribution is -0.121. The van der Waals surface area contributed by atoms with E-state index in [0.29, 0.717) is 17.8 Å². The standard InChI is InChI=1S/C15H21N3O2/c1-3-17-13(19)10-5-4-6-12(9-10)18-14(20)15(2,16)11-7-8-11/h4-6,9,11H,3,7-8,16H2,1-2H3,(H,17,19)(H,18,20). The Morgan fingerprint density at radius 3 is 2.70 bits per heavy atom. The second-order valence-electron chi connectivity index (χ2n) is 5.45. The van der Waals surface area contributed by atoms with Crippen LogP contribution in [0.25, 0.3) is 0 Å². The topological polar surface area (TPSA) is 84.2 Å². The second-order valence-corrected chi connectivity index (χ2v) is 5.45. The summed E-state index contributed by atoms with van der Waals surface area (Å²) in [5, 5.41) is 5.52. The zero-order chi connectivity index (χ0) is 14.8. The summed E-state index contributed by atoms with van der Waals surface area (Å²) in [6.07, 6.45) is 2.00. The Bertz CT molecular complexity index is 522. The van der Waals surface area contributed by atoms with Gasteiger partial charge in [0.15, 0.2) is 0 Å². The maximum atomic E-state index is 12.2. The van der Waals surface area contributed by atoms with Gasteiger partial charge in [-0.15, -0.1) is 0 Å². The SMILES string of the molecule is CCNC(=O)c1cccc(NC(=O)C(C)(N)C2CC2)c1. The number of rotatable bonds is 5. The Hall–Kier alpha value is -1.88. The van der Waals surface area contributed by atoms with E-state index in [1.165, 1.54) is 0 Å². The normalized spacial score (nSPS) is 17.1. The van der Waals surface area contributed by atoms with Crippen molar-refractivity contribution in [2.75, 3.05) is 11.9 Å². The Balaban J connectivity index is 2.08. The molecule has 5 nitrogen and oxygen atoms in total. The molecule has 2 rings (SSSR count). The molecule has 0 radical (unpaired) electrons. The van der Waals surface area contributed by atoms with Crippen molar-refractivity contribution in [1.29, 1.82) is 0 Å². The van der Waals surface area contributed by atoms with Crippen LogP contribution in [0.15, 0.2) is 24.3 Å². The third-order valence-corrected chi connectivity index (χ3v) is 3.63. The van der Waals surface area contributed by atoms with Crippen LogP contribution in [0.5, 0.6) is 0 Å². The van der Waals surface area contributed by atoms with Crippen LogP contribution in [-0.2, 0) is 4.79 Å². The lowest BCUT2D eigenvalue weighted by Crippen LogP contribution is -2.50. The summed E-state index contributed by atoms with van der Waals surface area (Å²) in [6, 6.07) is 6.86. The number of amides is 2. The minimum Gasteiger partial charge on any atom is -0.352 e. The number of nitrogens with one attached hydrogen (secondary N) is 2. The predicted octanol–water partition coefficient (Wildman–Crippen LogP) is 1.50.